The van der Waals surface area contributed by atoms with Crippen molar-refractivity contribution >= 4 is 0 Å². The van der Waals surface area contributed by atoms with Gasteiger partial charge in [0, 0.05) is 19.6 Å². The van der Waals surface area contributed by atoms with Crippen LogP contribution < -0.4 is 5.32 Å². The van der Waals surface area contributed by atoms with E-state index in [1.165, 1.54) is 39.0 Å². The Bertz CT molecular complexity index is 147. The largest absolute Gasteiger partial charge is 0.315 e. The maximum atomic E-state index is 3.47. The Morgan fingerprint density at radius 1 is 1.21 bits per heavy atom. The number of piperidine rings is 1. The quantitative estimate of drug-likeness (QED) is 0.679. The monoisotopic (exact) mass is 198 g/mol. The van der Waals surface area contributed by atoms with Crippen LogP contribution in [0, 0.1) is 11.8 Å². The molecular weight excluding hydrogens is 172 g/mol. The second kappa shape index (κ2) is 6.41. The Kier molecular flexibility index (Phi) is 5.49. The average molecular weight is 198 g/mol. The van der Waals surface area contributed by atoms with Gasteiger partial charge in [-0.1, -0.05) is 20.8 Å². The van der Waals surface area contributed by atoms with Crippen LogP contribution in [0.15, 0.2) is 0 Å². The maximum absolute atomic E-state index is 3.47. The van der Waals surface area contributed by atoms with E-state index in [-0.39, 0.29) is 0 Å². The molecule has 2 heteroatoms. The first-order valence-electron chi connectivity index (χ1n) is 6.17. The number of hydrogen-bond donors (Lipinski definition) is 1. The van der Waals surface area contributed by atoms with Crippen LogP contribution in [0.5, 0.6) is 0 Å². The third-order valence-electron chi connectivity index (χ3n) is 3.45. The van der Waals surface area contributed by atoms with Crippen LogP contribution >= 0.6 is 0 Å². The van der Waals surface area contributed by atoms with Crippen molar-refractivity contribution in [2.24, 2.45) is 11.8 Å². The van der Waals surface area contributed by atoms with Gasteiger partial charge in [-0.05, 0) is 37.8 Å². The van der Waals surface area contributed by atoms with Crippen LogP contribution in [-0.2, 0) is 0 Å². The molecule has 0 spiro atoms. The molecule has 0 saturated carbocycles. The van der Waals surface area contributed by atoms with Crippen molar-refractivity contribution in [3.8, 4) is 0 Å². The second-order valence-corrected chi connectivity index (χ2v) is 4.79. The lowest BCUT2D eigenvalue weighted by molar-refractivity contribution is 0.139. The van der Waals surface area contributed by atoms with Crippen LogP contribution in [0.25, 0.3) is 0 Å². The molecule has 0 aliphatic carbocycles. The van der Waals surface area contributed by atoms with Gasteiger partial charge in [0.1, 0.15) is 0 Å². The summed E-state index contributed by atoms with van der Waals surface area (Å²) in [5, 5.41) is 3.47. The van der Waals surface area contributed by atoms with E-state index in [0.717, 1.165) is 18.4 Å². The van der Waals surface area contributed by atoms with E-state index in [9.17, 15) is 0 Å². The van der Waals surface area contributed by atoms with Crippen LogP contribution in [0.1, 0.15) is 33.6 Å². The highest BCUT2D eigenvalue weighted by Crippen LogP contribution is 2.21. The number of hydrogen-bond acceptors (Lipinski definition) is 2. The minimum absolute atomic E-state index is 0.884. The van der Waals surface area contributed by atoms with Crippen molar-refractivity contribution < 1.29 is 0 Å². The summed E-state index contributed by atoms with van der Waals surface area (Å²) in [5.74, 6) is 1.81. The lowest BCUT2D eigenvalue weighted by Gasteiger charge is -2.35. The Morgan fingerprint density at radius 3 is 2.64 bits per heavy atom. The van der Waals surface area contributed by atoms with Gasteiger partial charge in [-0.3, -0.25) is 0 Å². The average Bonchev–Trinajstić information content (AvgIpc) is 2.18. The molecule has 2 atom stereocenters. The number of rotatable bonds is 5. The van der Waals surface area contributed by atoms with Gasteiger partial charge in [-0.2, -0.15) is 0 Å². The topological polar surface area (TPSA) is 15.3 Å². The molecular formula is C12H26N2. The SMILES string of the molecule is CCCNCCN1CCC(C)C(C)C1. The van der Waals surface area contributed by atoms with Gasteiger partial charge in [-0.15, -0.1) is 0 Å². The molecule has 1 N–H and O–H groups in total. The van der Waals surface area contributed by atoms with E-state index in [2.05, 4.69) is 31.0 Å². The molecule has 14 heavy (non-hydrogen) atoms. The first kappa shape index (κ1) is 12.0. The van der Waals surface area contributed by atoms with E-state index < -0.39 is 0 Å². The minimum atomic E-state index is 0.884. The summed E-state index contributed by atoms with van der Waals surface area (Å²) in [6.45, 7) is 13.2. The third-order valence-corrected chi connectivity index (χ3v) is 3.45. The van der Waals surface area contributed by atoms with Gasteiger partial charge in [-0.25, -0.2) is 0 Å². The van der Waals surface area contributed by atoms with Crippen molar-refractivity contribution in [1.29, 1.82) is 0 Å². The Labute approximate surface area is 89.1 Å². The number of likely N-dealkylation sites (tertiary alicyclic amines) is 1. The Hall–Kier alpha value is -0.0800. The van der Waals surface area contributed by atoms with Gasteiger partial charge < -0.3 is 10.2 Å². The van der Waals surface area contributed by atoms with E-state index in [0.29, 0.717) is 0 Å². The van der Waals surface area contributed by atoms with Gasteiger partial charge in [0.15, 0.2) is 0 Å². The minimum Gasteiger partial charge on any atom is -0.315 e. The lowest BCUT2D eigenvalue weighted by atomic mass is 9.89. The molecule has 0 amide bonds. The predicted octanol–water partition coefficient (Wildman–Crippen LogP) is 1.96. The third kappa shape index (κ3) is 3.97. The zero-order valence-corrected chi connectivity index (χ0v) is 10.1. The standard InChI is InChI=1S/C12H26N2/c1-4-6-13-7-9-14-8-5-11(2)12(3)10-14/h11-13H,4-10H2,1-3H3. The van der Waals surface area contributed by atoms with Crippen molar-refractivity contribution in [3.63, 3.8) is 0 Å². The molecule has 0 bridgehead atoms. The summed E-state index contributed by atoms with van der Waals surface area (Å²) in [7, 11) is 0. The lowest BCUT2D eigenvalue weighted by Crippen LogP contribution is -2.41. The van der Waals surface area contributed by atoms with Crippen molar-refractivity contribution in [2.45, 2.75) is 33.6 Å². The van der Waals surface area contributed by atoms with Gasteiger partial charge in [0.2, 0.25) is 0 Å². The highest BCUT2D eigenvalue weighted by molar-refractivity contribution is 4.75. The molecule has 84 valence electrons. The number of nitrogens with zero attached hydrogens (tertiary/aromatic N) is 1. The van der Waals surface area contributed by atoms with Crippen LogP contribution in [0.2, 0.25) is 0 Å². The van der Waals surface area contributed by atoms with Crippen molar-refractivity contribution in [2.75, 3.05) is 32.7 Å². The Morgan fingerprint density at radius 2 is 2.00 bits per heavy atom. The van der Waals surface area contributed by atoms with Gasteiger partial charge in [0.05, 0.1) is 0 Å². The fraction of sp³-hybridized carbons (Fsp3) is 1.00. The first-order valence-corrected chi connectivity index (χ1v) is 6.17. The molecule has 1 heterocycles. The van der Waals surface area contributed by atoms with Crippen molar-refractivity contribution in [3.05, 3.63) is 0 Å². The second-order valence-electron chi connectivity index (χ2n) is 4.79. The van der Waals surface area contributed by atoms with Crippen LogP contribution in [0.4, 0.5) is 0 Å². The fourth-order valence-corrected chi connectivity index (χ4v) is 2.09. The van der Waals surface area contributed by atoms with Gasteiger partial charge in [0.25, 0.3) is 0 Å². The molecule has 1 fully saturated rings. The molecule has 0 aromatic carbocycles. The zero-order chi connectivity index (χ0) is 10.4. The summed E-state index contributed by atoms with van der Waals surface area (Å²) < 4.78 is 0. The summed E-state index contributed by atoms with van der Waals surface area (Å²) in [6.07, 6.45) is 2.63. The molecule has 0 radical (unpaired) electrons. The van der Waals surface area contributed by atoms with E-state index in [1.54, 1.807) is 0 Å². The van der Waals surface area contributed by atoms with Crippen LogP contribution in [0.3, 0.4) is 0 Å². The number of nitrogens with one attached hydrogen (secondary N) is 1. The summed E-state index contributed by atoms with van der Waals surface area (Å²) in [4.78, 5) is 2.60. The van der Waals surface area contributed by atoms with Gasteiger partial charge >= 0.3 is 0 Å². The summed E-state index contributed by atoms with van der Waals surface area (Å²) in [5.41, 5.74) is 0. The van der Waals surface area contributed by atoms with Crippen LogP contribution in [-0.4, -0.2) is 37.6 Å². The predicted molar refractivity (Wildman–Crippen MR) is 62.5 cm³/mol. The molecule has 2 unspecified atom stereocenters. The fourth-order valence-electron chi connectivity index (χ4n) is 2.09. The smallest absolute Gasteiger partial charge is 0.0107 e. The first-order chi connectivity index (χ1) is 6.74. The molecule has 1 aliphatic rings. The maximum Gasteiger partial charge on any atom is 0.0107 e. The van der Waals surface area contributed by atoms with E-state index >= 15 is 0 Å². The van der Waals surface area contributed by atoms with E-state index in [4.69, 9.17) is 0 Å². The molecule has 1 aliphatic heterocycles. The van der Waals surface area contributed by atoms with E-state index in [1.807, 2.05) is 0 Å². The molecule has 1 rings (SSSR count). The summed E-state index contributed by atoms with van der Waals surface area (Å²) >= 11 is 0. The highest BCUT2D eigenvalue weighted by Gasteiger charge is 2.21. The molecule has 2 nitrogen and oxygen atoms in total. The van der Waals surface area contributed by atoms with Crippen molar-refractivity contribution in [1.82, 2.24) is 10.2 Å². The molecule has 0 aromatic heterocycles. The Balaban J connectivity index is 2.07. The highest BCUT2D eigenvalue weighted by atomic mass is 15.1. The molecule has 0 aromatic rings. The normalized spacial score (nSPS) is 29.4. The summed E-state index contributed by atoms with van der Waals surface area (Å²) in [6, 6.07) is 0. The molecule has 1 saturated heterocycles. The zero-order valence-electron chi connectivity index (χ0n) is 10.1.